The highest BCUT2D eigenvalue weighted by atomic mass is 19.2. The molecular formula is C16H18F3N3O. The number of carbonyl (C=O) groups is 1. The minimum Gasteiger partial charge on any atom is -0.312 e. The van der Waals surface area contributed by atoms with Crippen molar-refractivity contribution < 1.29 is 18.0 Å². The molecule has 1 heterocycles. The van der Waals surface area contributed by atoms with Crippen LogP contribution in [-0.4, -0.2) is 29.2 Å². The minimum atomic E-state index is -1.22. The lowest BCUT2D eigenvalue weighted by Gasteiger charge is -2.27. The van der Waals surface area contributed by atoms with Crippen molar-refractivity contribution in [3.8, 4) is 0 Å². The third-order valence-corrected chi connectivity index (χ3v) is 4.61. The zero-order valence-corrected chi connectivity index (χ0v) is 12.5. The van der Waals surface area contributed by atoms with E-state index >= 15 is 0 Å². The van der Waals surface area contributed by atoms with Crippen LogP contribution in [0.3, 0.4) is 0 Å². The van der Waals surface area contributed by atoms with Crippen molar-refractivity contribution in [3.05, 3.63) is 35.1 Å². The molecule has 2 bridgehead atoms. The third-order valence-electron chi connectivity index (χ3n) is 4.61. The highest BCUT2D eigenvalue weighted by molar-refractivity contribution is 6.00. The summed E-state index contributed by atoms with van der Waals surface area (Å²) < 4.78 is 39.4. The van der Waals surface area contributed by atoms with E-state index in [0.717, 1.165) is 25.3 Å². The fraction of sp³-hybridized carbons (Fsp3) is 0.500. The van der Waals surface area contributed by atoms with Crippen molar-refractivity contribution in [1.29, 1.82) is 5.41 Å². The molecule has 23 heavy (non-hydrogen) atoms. The van der Waals surface area contributed by atoms with E-state index in [-0.39, 0.29) is 36.4 Å². The summed E-state index contributed by atoms with van der Waals surface area (Å²) in [5.74, 6) is -2.61. The van der Waals surface area contributed by atoms with Crippen molar-refractivity contribution in [3.63, 3.8) is 0 Å². The first-order valence-corrected chi connectivity index (χ1v) is 7.72. The van der Waals surface area contributed by atoms with Crippen LogP contribution in [0.25, 0.3) is 0 Å². The van der Waals surface area contributed by atoms with Gasteiger partial charge in [0.25, 0.3) is 0 Å². The van der Waals surface area contributed by atoms with Gasteiger partial charge >= 0.3 is 0 Å². The number of nitrogens with zero attached hydrogens (tertiary/aromatic N) is 1. The topological polar surface area (TPSA) is 56.2 Å². The molecule has 2 fully saturated rings. The van der Waals surface area contributed by atoms with Gasteiger partial charge in [-0.15, -0.1) is 0 Å². The van der Waals surface area contributed by atoms with Gasteiger partial charge < -0.3 is 5.32 Å². The summed E-state index contributed by atoms with van der Waals surface area (Å²) in [6, 6.07) is 1.48. The predicted molar refractivity (Wildman–Crippen MR) is 78.3 cm³/mol. The van der Waals surface area contributed by atoms with Gasteiger partial charge in [0.15, 0.2) is 11.6 Å². The molecule has 124 valence electrons. The van der Waals surface area contributed by atoms with Crippen molar-refractivity contribution >= 4 is 11.7 Å². The molecule has 1 amide bonds. The van der Waals surface area contributed by atoms with Crippen LogP contribution < -0.4 is 5.32 Å². The number of likely N-dealkylation sites (tertiary alicyclic amines) is 1. The van der Waals surface area contributed by atoms with E-state index in [9.17, 15) is 18.0 Å². The molecule has 2 aliphatic rings. The number of fused-ring (bicyclic) bond motifs is 2. The van der Waals surface area contributed by atoms with Gasteiger partial charge in [0.2, 0.25) is 5.91 Å². The second-order valence-corrected chi connectivity index (χ2v) is 6.10. The van der Waals surface area contributed by atoms with Gasteiger partial charge in [-0.3, -0.25) is 15.1 Å². The molecule has 1 aromatic carbocycles. The number of hydrogen-bond donors (Lipinski definition) is 2. The van der Waals surface area contributed by atoms with Crippen LogP contribution in [0.4, 0.5) is 13.2 Å². The number of nitrogens with one attached hydrogen (secondary N) is 2. The molecule has 1 saturated carbocycles. The van der Waals surface area contributed by atoms with Gasteiger partial charge in [0, 0.05) is 43.1 Å². The van der Waals surface area contributed by atoms with Crippen molar-refractivity contribution in [1.82, 2.24) is 10.2 Å². The van der Waals surface area contributed by atoms with Crippen molar-refractivity contribution in [2.24, 2.45) is 5.92 Å². The summed E-state index contributed by atoms with van der Waals surface area (Å²) in [5.41, 5.74) is 0.0179. The Bertz CT molecular complexity index is 650. The van der Waals surface area contributed by atoms with Gasteiger partial charge in [0.1, 0.15) is 11.7 Å². The first-order valence-electron chi connectivity index (χ1n) is 7.72. The largest absolute Gasteiger partial charge is 0.312 e. The van der Waals surface area contributed by atoms with E-state index in [4.69, 9.17) is 5.41 Å². The number of carbonyl (C=O) groups excluding carboxylic acids is 1. The monoisotopic (exact) mass is 325 g/mol. The maximum absolute atomic E-state index is 13.5. The summed E-state index contributed by atoms with van der Waals surface area (Å²) in [7, 11) is 0. The molecule has 4 nitrogen and oxygen atoms in total. The van der Waals surface area contributed by atoms with Gasteiger partial charge in [-0.25, -0.2) is 13.2 Å². The van der Waals surface area contributed by atoms with E-state index in [1.54, 1.807) is 4.90 Å². The Hall–Kier alpha value is -1.89. The minimum absolute atomic E-state index is 0.0137. The maximum atomic E-state index is 13.5. The first kappa shape index (κ1) is 16.0. The molecule has 7 heteroatoms. The number of piperidine rings is 1. The predicted octanol–water partition coefficient (Wildman–Crippen LogP) is 2.57. The number of amides is 1. The molecule has 1 aliphatic carbocycles. The van der Waals surface area contributed by atoms with Crippen LogP contribution in [0, 0.1) is 28.8 Å². The Morgan fingerprint density at radius 1 is 1.22 bits per heavy atom. The summed E-state index contributed by atoms with van der Waals surface area (Å²) in [5, 5.41) is 10.8. The molecule has 1 saturated heterocycles. The first-order chi connectivity index (χ1) is 11.0. The molecule has 1 aromatic rings. The lowest BCUT2D eigenvalue weighted by molar-refractivity contribution is -0.128. The van der Waals surface area contributed by atoms with Crippen LogP contribution in [-0.2, 0) is 11.3 Å². The highest BCUT2D eigenvalue weighted by Crippen LogP contribution is 2.38. The van der Waals surface area contributed by atoms with Gasteiger partial charge in [-0.2, -0.15) is 0 Å². The molecule has 2 N–H and O–H groups in total. The lowest BCUT2D eigenvalue weighted by atomic mass is 10.1. The Labute approximate surface area is 132 Å². The number of benzene rings is 1. The number of rotatable bonds is 5. The van der Waals surface area contributed by atoms with Gasteiger partial charge in [0.05, 0.1) is 0 Å². The Kier molecular flexibility index (Phi) is 4.39. The van der Waals surface area contributed by atoms with E-state index in [1.165, 1.54) is 0 Å². The molecule has 2 unspecified atom stereocenters. The van der Waals surface area contributed by atoms with E-state index in [1.807, 2.05) is 0 Å². The van der Waals surface area contributed by atoms with Crippen molar-refractivity contribution in [2.45, 2.75) is 38.3 Å². The van der Waals surface area contributed by atoms with Crippen LogP contribution in [0.15, 0.2) is 12.1 Å². The maximum Gasteiger partial charge on any atom is 0.229 e. The number of hydrogen-bond acceptors (Lipinski definition) is 3. The average Bonchev–Trinajstić information content (AvgIpc) is 3.09. The summed E-state index contributed by atoms with van der Waals surface area (Å²) in [6.07, 6.45) is 3.02. The van der Waals surface area contributed by atoms with E-state index in [0.29, 0.717) is 18.4 Å². The van der Waals surface area contributed by atoms with Crippen LogP contribution >= 0.6 is 0 Å². The number of amidine groups is 1. The Morgan fingerprint density at radius 2 is 1.96 bits per heavy atom. The second kappa shape index (κ2) is 6.31. The van der Waals surface area contributed by atoms with Gasteiger partial charge in [-0.1, -0.05) is 0 Å². The van der Waals surface area contributed by atoms with Crippen LogP contribution in [0.2, 0.25) is 0 Å². The highest BCUT2D eigenvalue weighted by Gasteiger charge is 2.44. The second-order valence-electron chi connectivity index (χ2n) is 6.10. The quantitative estimate of drug-likeness (QED) is 0.646. The molecule has 0 spiro atoms. The van der Waals surface area contributed by atoms with Crippen molar-refractivity contribution in [2.75, 3.05) is 6.54 Å². The SMILES string of the molecule is N=C1C2CCC(C2)N1C(=O)CCNCc1cc(F)c(F)cc1F. The fourth-order valence-corrected chi connectivity index (χ4v) is 3.41. The molecular weight excluding hydrogens is 307 g/mol. The molecule has 0 aromatic heterocycles. The Morgan fingerprint density at radius 3 is 2.65 bits per heavy atom. The summed E-state index contributed by atoms with van der Waals surface area (Å²) in [4.78, 5) is 13.8. The summed E-state index contributed by atoms with van der Waals surface area (Å²) in [6.45, 7) is 0.304. The zero-order chi connectivity index (χ0) is 16.6. The normalized spacial score (nSPS) is 22.9. The zero-order valence-electron chi connectivity index (χ0n) is 12.5. The lowest BCUT2D eigenvalue weighted by Crippen LogP contribution is -2.42. The smallest absolute Gasteiger partial charge is 0.229 e. The third kappa shape index (κ3) is 3.10. The summed E-state index contributed by atoms with van der Waals surface area (Å²) >= 11 is 0. The molecule has 3 rings (SSSR count). The average molecular weight is 325 g/mol. The van der Waals surface area contributed by atoms with E-state index in [2.05, 4.69) is 5.32 Å². The fourth-order valence-electron chi connectivity index (χ4n) is 3.41. The van der Waals surface area contributed by atoms with Gasteiger partial charge in [-0.05, 0) is 25.3 Å². The Balaban J connectivity index is 1.48. The van der Waals surface area contributed by atoms with Crippen LogP contribution in [0.1, 0.15) is 31.2 Å². The number of halogens is 3. The molecule has 1 aliphatic heterocycles. The van der Waals surface area contributed by atoms with Crippen LogP contribution in [0.5, 0.6) is 0 Å². The van der Waals surface area contributed by atoms with E-state index < -0.39 is 17.5 Å². The molecule has 0 radical (unpaired) electrons. The molecule has 2 atom stereocenters. The standard InChI is InChI=1S/C16H18F3N3O/c17-12-7-14(19)13(18)6-10(12)8-21-4-3-15(23)22-11-2-1-9(5-11)16(22)20/h6-7,9,11,20-21H,1-5,8H2.